The van der Waals surface area contributed by atoms with Gasteiger partial charge in [-0.05, 0) is 32.6 Å². The molecule has 0 fully saturated rings. The number of hydrogen-bond acceptors (Lipinski definition) is 3. The summed E-state index contributed by atoms with van der Waals surface area (Å²) in [5.41, 5.74) is -0.200. The summed E-state index contributed by atoms with van der Waals surface area (Å²) in [6.45, 7) is 8.54. The van der Waals surface area contributed by atoms with E-state index in [4.69, 9.17) is 9.47 Å². The summed E-state index contributed by atoms with van der Waals surface area (Å²) < 4.78 is 10.3. The average molecular weight is 242 g/mol. The number of allylic oxidation sites excluding steroid dienone is 1. The molecule has 3 heteroatoms. The molecule has 0 rings (SSSR count). The monoisotopic (exact) mass is 242 g/mol. The molecular formula is C14H26O3. The van der Waals surface area contributed by atoms with E-state index in [0.717, 1.165) is 12.8 Å². The van der Waals surface area contributed by atoms with Crippen LogP contribution in [0.2, 0.25) is 0 Å². The first-order chi connectivity index (χ1) is 7.91. The van der Waals surface area contributed by atoms with E-state index in [1.807, 2.05) is 13.8 Å². The van der Waals surface area contributed by atoms with Crippen LogP contribution in [0.3, 0.4) is 0 Å². The number of rotatable bonds is 8. The van der Waals surface area contributed by atoms with Crippen molar-refractivity contribution in [3.05, 3.63) is 12.2 Å². The zero-order chi connectivity index (χ0) is 13.3. The van der Waals surface area contributed by atoms with Crippen LogP contribution >= 0.6 is 0 Å². The largest absolute Gasteiger partial charge is 0.466 e. The molecule has 0 unspecified atom stereocenters. The van der Waals surface area contributed by atoms with Crippen LogP contribution in [-0.2, 0) is 14.3 Å². The first kappa shape index (κ1) is 16.2. The maximum absolute atomic E-state index is 10.9. The van der Waals surface area contributed by atoms with E-state index >= 15 is 0 Å². The van der Waals surface area contributed by atoms with Crippen molar-refractivity contribution in [2.24, 2.45) is 5.92 Å². The maximum atomic E-state index is 10.9. The van der Waals surface area contributed by atoms with Crippen LogP contribution in [0.4, 0.5) is 0 Å². The first-order valence-electron chi connectivity index (χ1n) is 6.29. The number of methoxy groups -OCH3 is 1. The minimum atomic E-state index is -0.200. The van der Waals surface area contributed by atoms with Crippen molar-refractivity contribution in [2.75, 3.05) is 13.7 Å². The Labute approximate surface area is 105 Å². The van der Waals surface area contributed by atoms with Crippen LogP contribution in [0.15, 0.2) is 12.2 Å². The fourth-order valence-electron chi connectivity index (χ4n) is 1.25. The van der Waals surface area contributed by atoms with Crippen LogP contribution < -0.4 is 0 Å². The second-order valence-electron chi connectivity index (χ2n) is 4.91. The Balaban J connectivity index is 3.73. The molecule has 0 N–H and O–H groups in total. The molecule has 0 spiro atoms. The number of carbonyl (C=O) groups is 1. The van der Waals surface area contributed by atoms with Gasteiger partial charge in [0.2, 0.25) is 0 Å². The van der Waals surface area contributed by atoms with Gasteiger partial charge < -0.3 is 9.47 Å². The molecule has 0 aliphatic heterocycles. The minimum Gasteiger partial charge on any atom is -0.466 e. The standard InChI is InChI=1S/C14H26O3/c1-6-13(15)17-11-9-12(2)8-7-10-14(3,4)16-5/h7,10,12H,6,8-9,11H2,1-5H3/b10-7+/t12-/m0/s1. The summed E-state index contributed by atoms with van der Waals surface area (Å²) in [6.07, 6.45) is 6.55. The van der Waals surface area contributed by atoms with Gasteiger partial charge in [0.05, 0.1) is 12.2 Å². The van der Waals surface area contributed by atoms with E-state index in [0.29, 0.717) is 18.9 Å². The Kier molecular flexibility index (Phi) is 7.88. The lowest BCUT2D eigenvalue weighted by atomic mass is 10.0. The van der Waals surface area contributed by atoms with Gasteiger partial charge in [-0.1, -0.05) is 26.0 Å². The van der Waals surface area contributed by atoms with Crippen LogP contribution in [0, 0.1) is 5.92 Å². The number of carbonyl (C=O) groups excluding carboxylic acids is 1. The second-order valence-corrected chi connectivity index (χ2v) is 4.91. The molecule has 0 aliphatic carbocycles. The highest BCUT2D eigenvalue weighted by Crippen LogP contribution is 2.13. The quantitative estimate of drug-likeness (QED) is 0.484. The van der Waals surface area contributed by atoms with Crippen LogP contribution in [0.25, 0.3) is 0 Å². The lowest BCUT2D eigenvalue weighted by Gasteiger charge is -2.18. The van der Waals surface area contributed by atoms with E-state index < -0.39 is 0 Å². The van der Waals surface area contributed by atoms with Gasteiger partial charge in [0.15, 0.2) is 0 Å². The number of esters is 1. The molecular weight excluding hydrogens is 216 g/mol. The third-order valence-electron chi connectivity index (χ3n) is 2.75. The van der Waals surface area contributed by atoms with Gasteiger partial charge in [0.25, 0.3) is 0 Å². The number of ether oxygens (including phenoxy) is 2. The predicted octanol–water partition coefficient (Wildman–Crippen LogP) is 3.34. The lowest BCUT2D eigenvalue weighted by molar-refractivity contribution is -0.143. The fourth-order valence-corrected chi connectivity index (χ4v) is 1.25. The highest BCUT2D eigenvalue weighted by molar-refractivity contribution is 5.68. The van der Waals surface area contributed by atoms with Crippen LogP contribution in [0.1, 0.15) is 47.0 Å². The average Bonchev–Trinajstić information content (AvgIpc) is 2.28. The summed E-state index contributed by atoms with van der Waals surface area (Å²) >= 11 is 0. The highest BCUT2D eigenvalue weighted by atomic mass is 16.5. The molecule has 0 bridgehead atoms. The zero-order valence-corrected chi connectivity index (χ0v) is 11.8. The topological polar surface area (TPSA) is 35.5 Å². The summed E-state index contributed by atoms with van der Waals surface area (Å²) in [6, 6.07) is 0. The van der Waals surface area contributed by atoms with Crippen molar-refractivity contribution in [3.63, 3.8) is 0 Å². The molecule has 0 aromatic heterocycles. The summed E-state index contributed by atoms with van der Waals surface area (Å²) in [7, 11) is 1.71. The van der Waals surface area contributed by atoms with Gasteiger partial charge in [-0.25, -0.2) is 0 Å². The van der Waals surface area contributed by atoms with E-state index in [1.54, 1.807) is 14.0 Å². The molecule has 1 atom stereocenters. The SMILES string of the molecule is CCC(=O)OCC[C@@H](C)C/C=C/C(C)(C)OC. The van der Waals surface area contributed by atoms with Gasteiger partial charge in [0.1, 0.15) is 0 Å². The molecule has 0 radical (unpaired) electrons. The maximum Gasteiger partial charge on any atom is 0.305 e. The van der Waals surface area contributed by atoms with Crippen molar-refractivity contribution in [2.45, 2.75) is 52.6 Å². The summed E-state index contributed by atoms with van der Waals surface area (Å²) in [4.78, 5) is 10.9. The van der Waals surface area contributed by atoms with Gasteiger partial charge in [0, 0.05) is 13.5 Å². The Morgan fingerprint density at radius 3 is 2.59 bits per heavy atom. The van der Waals surface area contributed by atoms with Crippen LogP contribution in [-0.4, -0.2) is 25.3 Å². The van der Waals surface area contributed by atoms with Gasteiger partial charge >= 0.3 is 5.97 Å². The molecule has 0 heterocycles. The molecule has 0 aromatic rings. The Morgan fingerprint density at radius 1 is 1.41 bits per heavy atom. The first-order valence-corrected chi connectivity index (χ1v) is 6.29. The minimum absolute atomic E-state index is 0.117. The van der Waals surface area contributed by atoms with Crippen molar-refractivity contribution < 1.29 is 14.3 Å². The van der Waals surface area contributed by atoms with Gasteiger partial charge in [-0.3, -0.25) is 4.79 Å². The molecule has 100 valence electrons. The van der Waals surface area contributed by atoms with E-state index in [-0.39, 0.29) is 11.6 Å². The summed E-state index contributed by atoms with van der Waals surface area (Å²) in [5, 5.41) is 0. The smallest absolute Gasteiger partial charge is 0.305 e. The van der Waals surface area contributed by atoms with Gasteiger partial charge in [-0.15, -0.1) is 0 Å². The Hall–Kier alpha value is -0.830. The lowest BCUT2D eigenvalue weighted by Crippen LogP contribution is -2.18. The van der Waals surface area contributed by atoms with Crippen molar-refractivity contribution in [1.29, 1.82) is 0 Å². The Morgan fingerprint density at radius 2 is 2.06 bits per heavy atom. The fraction of sp³-hybridized carbons (Fsp3) is 0.786. The molecule has 0 saturated carbocycles. The highest BCUT2D eigenvalue weighted by Gasteiger charge is 2.10. The predicted molar refractivity (Wildman–Crippen MR) is 69.9 cm³/mol. The van der Waals surface area contributed by atoms with Crippen molar-refractivity contribution in [3.8, 4) is 0 Å². The number of hydrogen-bond donors (Lipinski definition) is 0. The molecule has 0 saturated heterocycles. The Bertz CT molecular complexity index is 244. The van der Waals surface area contributed by atoms with Crippen LogP contribution in [0.5, 0.6) is 0 Å². The third kappa shape index (κ3) is 8.93. The summed E-state index contributed by atoms with van der Waals surface area (Å²) in [5.74, 6) is 0.400. The van der Waals surface area contributed by atoms with E-state index in [2.05, 4.69) is 19.1 Å². The van der Waals surface area contributed by atoms with Crippen molar-refractivity contribution >= 4 is 5.97 Å². The van der Waals surface area contributed by atoms with Gasteiger partial charge in [-0.2, -0.15) is 0 Å². The van der Waals surface area contributed by atoms with E-state index in [1.165, 1.54) is 0 Å². The van der Waals surface area contributed by atoms with Crippen molar-refractivity contribution in [1.82, 2.24) is 0 Å². The molecule has 0 amide bonds. The zero-order valence-electron chi connectivity index (χ0n) is 11.8. The molecule has 3 nitrogen and oxygen atoms in total. The third-order valence-corrected chi connectivity index (χ3v) is 2.75. The molecule has 17 heavy (non-hydrogen) atoms. The normalized spacial score (nSPS) is 13.9. The molecule has 0 aromatic carbocycles. The molecule has 0 aliphatic rings. The van der Waals surface area contributed by atoms with E-state index in [9.17, 15) is 4.79 Å². The second kappa shape index (κ2) is 8.29.